The van der Waals surface area contributed by atoms with E-state index in [2.05, 4.69) is 0 Å². The van der Waals surface area contributed by atoms with Crippen LogP contribution in [-0.4, -0.2) is 45.0 Å². The molecule has 0 aliphatic rings. The maximum atomic E-state index is 12.0. The monoisotopic (exact) mass is 339 g/mol. The molecule has 2 rings (SSSR count). The number of hydrogen-bond acceptors (Lipinski definition) is 5. The van der Waals surface area contributed by atoms with Gasteiger partial charge in [0, 0.05) is 44.5 Å². The summed E-state index contributed by atoms with van der Waals surface area (Å²) >= 11 is 0. The fraction of sp³-hybridized carbons (Fsp3) is 0.263. The number of benzene rings is 1. The fourth-order valence-corrected chi connectivity index (χ4v) is 2.24. The molecule has 25 heavy (non-hydrogen) atoms. The molecule has 0 aliphatic carbocycles. The Balaban J connectivity index is 2.25. The fourth-order valence-electron chi connectivity index (χ4n) is 2.24. The van der Waals surface area contributed by atoms with Gasteiger partial charge >= 0.3 is 5.97 Å². The van der Waals surface area contributed by atoms with Crippen LogP contribution in [0.2, 0.25) is 0 Å². The Kier molecular flexibility index (Phi) is 6.38. The number of nitriles is 1. The first-order valence-corrected chi connectivity index (χ1v) is 7.79. The zero-order valence-electron chi connectivity index (χ0n) is 14.6. The van der Waals surface area contributed by atoms with Crippen molar-refractivity contribution < 1.29 is 14.3 Å². The van der Waals surface area contributed by atoms with Crippen LogP contribution in [0.25, 0.3) is 11.8 Å². The molecule has 0 aliphatic heterocycles. The van der Waals surface area contributed by atoms with Crippen LogP contribution < -0.4 is 4.90 Å². The van der Waals surface area contributed by atoms with Gasteiger partial charge in [-0.05, 0) is 42.5 Å². The summed E-state index contributed by atoms with van der Waals surface area (Å²) in [4.78, 5) is 14.0. The van der Waals surface area contributed by atoms with Gasteiger partial charge in [-0.15, -0.1) is 0 Å². The maximum Gasteiger partial charge on any atom is 0.349 e. The highest BCUT2D eigenvalue weighted by molar-refractivity contribution is 5.97. The summed E-state index contributed by atoms with van der Waals surface area (Å²) in [7, 11) is 5.48. The van der Waals surface area contributed by atoms with Gasteiger partial charge in [0.05, 0.1) is 6.61 Å². The Hall–Kier alpha value is -3.04. The van der Waals surface area contributed by atoms with Crippen LogP contribution in [0.1, 0.15) is 5.69 Å². The van der Waals surface area contributed by atoms with Crippen molar-refractivity contribution in [3.8, 4) is 11.8 Å². The molecule has 130 valence electrons. The Morgan fingerprint density at radius 1 is 1.24 bits per heavy atom. The molecule has 1 heterocycles. The Bertz CT molecular complexity index is 783. The molecule has 0 fully saturated rings. The predicted octanol–water partition coefficient (Wildman–Crippen LogP) is 2.64. The number of ether oxygens (including phenoxy) is 2. The van der Waals surface area contributed by atoms with E-state index in [1.807, 2.05) is 72.2 Å². The highest BCUT2D eigenvalue weighted by atomic mass is 16.6. The summed E-state index contributed by atoms with van der Waals surface area (Å²) in [5.74, 6) is -0.657. The molecule has 0 unspecified atom stereocenters. The molecule has 0 N–H and O–H groups in total. The van der Waals surface area contributed by atoms with Gasteiger partial charge in [-0.2, -0.15) is 5.26 Å². The van der Waals surface area contributed by atoms with Crippen LogP contribution in [-0.2, 0) is 14.3 Å². The molecule has 0 saturated carbocycles. The first-order valence-electron chi connectivity index (χ1n) is 7.79. The molecular formula is C19H21N3O3. The van der Waals surface area contributed by atoms with Gasteiger partial charge in [0.1, 0.15) is 18.2 Å². The third kappa shape index (κ3) is 4.72. The first kappa shape index (κ1) is 18.3. The number of carbonyl (C=O) groups is 1. The number of nitrogens with zero attached hydrogens (tertiary/aromatic N) is 3. The van der Waals surface area contributed by atoms with E-state index in [4.69, 9.17) is 9.47 Å². The van der Waals surface area contributed by atoms with E-state index in [1.165, 1.54) is 13.2 Å². The van der Waals surface area contributed by atoms with E-state index < -0.39 is 5.97 Å². The van der Waals surface area contributed by atoms with Crippen LogP contribution in [0.5, 0.6) is 0 Å². The summed E-state index contributed by atoms with van der Waals surface area (Å²) < 4.78 is 11.7. The van der Waals surface area contributed by atoms with Gasteiger partial charge < -0.3 is 18.9 Å². The number of hydrogen-bond donors (Lipinski definition) is 0. The molecule has 0 radical (unpaired) electrons. The molecule has 0 spiro atoms. The zero-order valence-corrected chi connectivity index (χ0v) is 14.6. The molecule has 6 heteroatoms. The minimum Gasteiger partial charge on any atom is -0.459 e. The minimum atomic E-state index is -0.657. The smallest absolute Gasteiger partial charge is 0.349 e. The molecule has 0 saturated heterocycles. The average Bonchev–Trinajstić information content (AvgIpc) is 3.08. The van der Waals surface area contributed by atoms with Crippen LogP contribution >= 0.6 is 0 Å². The van der Waals surface area contributed by atoms with Gasteiger partial charge in [0.2, 0.25) is 0 Å². The second-order valence-electron chi connectivity index (χ2n) is 5.51. The number of methoxy groups -OCH3 is 1. The topological polar surface area (TPSA) is 67.5 Å². The van der Waals surface area contributed by atoms with Gasteiger partial charge in [0.15, 0.2) is 0 Å². The molecule has 2 aromatic rings. The van der Waals surface area contributed by atoms with Crippen molar-refractivity contribution in [3.63, 3.8) is 0 Å². The molecule has 0 atom stereocenters. The normalized spacial score (nSPS) is 11.0. The Morgan fingerprint density at radius 2 is 1.96 bits per heavy atom. The predicted molar refractivity (Wildman–Crippen MR) is 96.5 cm³/mol. The Labute approximate surface area is 147 Å². The van der Waals surface area contributed by atoms with Crippen molar-refractivity contribution in [2.24, 2.45) is 0 Å². The van der Waals surface area contributed by atoms with Crippen LogP contribution in [0, 0.1) is 11.3 Å². The number of aromatic nitrogens is 1. The van der Waals surface area contributed by atoms with Crippen LogP contribution in [0.4, 0.5) is 5.69 Å². The lowest BCUT2D eigenvalue weighted by atomic mass is 10.2. The standard InChI is InChI=1S/C19H21N3O3/c1-21(2)16-6-8-17(9-7-16)22-10-4-5-18(22)13-15(14-20)19(23)25-12-11-24-3/h4-10,13H,11-12H2,1-3H3/b15-13+. The lowest BCUT2D eigenvalue weighted by molar-refractivity contribution is -0.139. The third-order valence-electron chi connectivity index (χ3n) is 3.58. The van der Waals surface area contributed by atoms with Crippen molar-refractivity contribution in [1.82, 2.24) is 4.57 Å². The Morgan fingerprint density at radius 3 is 2.56 bits per heavy atom. The van der Waals surface area contributed by atoms with Crippen molar-refractivity contribution >= 4 is 17.7 Å². The SMILES string of the molecule is COCCOC(=O)/C(C#N)=C/c1cccn1-c1ccc(N(C)C)cc1. The van der Waals surface area contributed by atoms with E-state index in [0.717, 1.165) is 17.1 Å². The molecule has 6 nitrogen and oxygen atoms in total. The highest BCUT2D eigenvalue weighted by Gasteiger charge is 2.12. The summed E-state index contributed by atoms with van der Waals surface area (Å²) in [6, 6.07) is 13.6. The largest absolute Gasteiger partial charge is 0.459 e. The summed E-state index contributed by atoms with van der Waals surface area (Å²) in [5, 5.41) is 9.25. The second-order valence-corrected chi connectivity index (χ2v) is 5.51. The van der Waals surface area contributed by atoms with Crippen LogP contribution in [0.15, 0.2) is 48.2 Å². The highest BCUT2D eigenvalue weighted by Crippen LogP contribution is 2.19. The van der Waals surface area contributed by atoms with Gasteiger partial charge in [-0.3, -0.25) is 0 Å². The van der Waals surface area contributed by atoms with E-state index in [9.17, 15) is 10.1 Å². The van der Waals surface area contributed by atoms with E-state index >= 15 is 0 Å². The maximum absolute atomic E-state index is 12.0. The lowest BCUT2D eigenvalue weighted by Gasteiger charge is -2.13. The molecule has 0 bridgehead atoms. The summed E-state index contributed by atoms with van der Waals surface area (Å²) in [6.07, 6.45) is 3.40. The molecular weight excluding hydrogens is 318 g/mol. The zero-order chi connectivity index (χ0) is 18.2. The molecule has 1 aromatic carbocycles. The number of rotatable bonds is 7. The second kappa shape index (κ2) is 8.71. The minimum absolute atomic E-state index is 0.0547. The summed E-state index contributed by atoms with van der Waals surface area (Å²) in [6.45, 7) is 0.403. The van der Waals surface area contributed by atoms with Crippen molar-refractivity contribution in [1.29, 1.82) is 5.26 Å². The van der Waals surface area contributed by atoms with Crippen LogP contribution in [0.3, 0.4) is 0 Å². The van der Waals surface area contributed by atoms with E-state index in [1.54, 1.807) is 0 Å². The molecule has 0 amide bonds. The first-order chi connectivity index (χ1) is 12.1. The van der Waals surface area contributed by atoms with Crippen molar-refractivity contribution in [2.45, 2.75) is 0 Å². The van der Waals surface area contributed by atoms with Gasteiger partial charge in [-0.25, -0.2) is 4.79 Å². The number of anilines is 1. The molecule has 1 aromatic heterocycles. The van der Waals surface area contributed by atoms with Crippen molar-refractivity contribution in [3.05, 3.63) is 53.9 Å². The third-order valence-corrected chi connectivity index (χ3v) is 3.58. The lowest BCUT2D eigenvalue weighted by Crippen LogP contribution is -2.11. The number of esters is 1. The van der Waals surface area contributed by atoms with E-state index in [0.29, 0.717) is 6.61 Å². The summed E-state index contributed by atoms with van der Waals surface area (Å²) in [5.41, 5.74) is 2.69. The van der Waals surface area contributed by atoms with Crippen molar-refractivity contribution in [2.75, 3.05) is 39.3 Å². The van der Waals surface area contributed by atoms with E-state index in [-0.39, 0.29) is 12.2 Å². The van der Waals surface area contributed by atoms with Gasteiger partial charge in [-0.1, -0.05) is 0 Å². The van der Waals surface area contributed by atoms with Gasteiger partial charge in [0.25, 0.3) is 0 Å². The number of carbonyl (C=O) groups excluding carboxylic acids is 1. The quantitative estimate of drug-likeness (QED) is 0.336. The average molecular weight is 339 g/mol.